The van der Waals surface area contributed by atoms with Gasteiger partial charge >= 0.3 is 5.97 Å². The van der Waals surface area contributed by atoms with Gasteiger partial charge in [0.05, 0.1) is 42.3 Å². The van der Waals surface area contributed by atoms with E-state index in [1.165, 1.54) is 6.07 Å². The predicted molar refractivity (Wildman–Crippen MR) is 167 cm³/mol. The molecule has 0 saturated carbocycles. The number of carbonyl (C=O) groups excluding carboxylic acids is 2. The van der Waals surface area contributed by atoms with Gasteiger partial charge in [-0.15, -0.1) is 0 Å². The van der Waals surface area contributed by atoms with Crippen LogP contribution in [0.15, 0.2) is 54.6 Å². The van der Waals surface area contributed by atoms with Crippen molar-refractivity contribution in [2.24, 2.45) is 0 Å². The molecular formula is C33H35ClFN5O5. The van der Waals surface area contributed by atoms with E-state index in [1.807, 2.05) is 32.9 Å². The maximum Gasteiger partial charge on any atom is 0.338 e. The van der Waals surface area contributed by atoms with E-state index in [0.717, 1.165) is 29.9 Å². The average molecular weight is 636 g/mol. The Labute approximate surface area is 265 Å². The first kappa shape index (κ1) is 30.9. The molecule has 0 bridgehead atoms. The molecule has 6 rings (SSSR count). The summed E-state index contributed by atoms with van der Waals surface area (Å²) < 4.78 is 33.3. The van der Waals surface area contributed by atoms with Crippen molar-refractivity contribution in [1.82, 2.24) is 19.4 Å². The van der Waals surface area contributed by atoms with E-state index < -0.39 is 11.4 Å². The number of benzene rings is 2. The van der Waals surface area contributed by atoms with E-state index in [-0.39, 0.29) is 37.0 Å². The van der Waals surface area contributed by atoms with Crippen LogP contribution in [-0.2, 0) is 34.0 Å². The molecule has 2 saturated heterocycles. The summed E-state index contributed by atoms with van der Waals surface area (Å²) in [7, 11) is 0. The second-order valence-corrected chi connectivity index (χ2v) is 12.7. The molecule has 2 aromatic heterocycles. The fourth-order valence-corrected chi connectivity index (χ4v) is 5.48. The molecule has 0 aliphatic carbocycles. The number of aromatic nitrogens is 3. The number of nitrogens with zero attached hydrogens (tertiary/aromatic N) is 5. The molecule has 2 aliphatic heterocycles. The Bertz CT molecular complexity index is 1730. The summed E-state index contributed by atoms with van der Waals surface area (Å²) in [6.07, 6.45) is 1.02. The molecule has 0 radical (unpaired) electrons. The van der Waals surface area contributed by atoms with Gasteiger partial charge < -0.3 is 18.8 Å². The van der Waals surface area contributed by atoms with Gasteiger partial charge in [-0.05, 0) is 63.6 Å². The van der Waals surface area contributed by atoms with E-state index >= 15 is 0 Å². The molecule has 1 atom stereocenters. The van der Waals surface area contributed by atoms with Gasteiger partial charge in [0, 0.05) is 36.3 Å². The van der Waals surface area contributed by atoms with Crippen LogP contribution in [0.25, 0.3) is 11.0 Å². The van der Waals surface area contributed by atoms with Gasteiger partial charge in [-0.1, -0.05) is 23.7 Å². The van der Waals surface area contributed by atoms with E-state index in [1.54, 1.807) is 41.3 Å². The summed E-state index contributed by atoms with van der Waals surface area (Å²) in [4.78, 5) is 39.2. The fourth-order valence-electron chi connectivity index (χ4n) is 5.32. The molecule has 2 fully saturated rings. The van der Waals surface area contributed by atoms with Crippen molar-refractivity contribution < 1.29 is 28.2 Å². The van der Waals surface area contributed by atoms with Gasteiger partial charge in [0.15, 0.2) is 0 Å². The monoisotopic (exact) mass is 635 g/mol. The van der Waals surface area contributed by atoms with Gasteiger partial charge in [0.2, 0.25) is 11.8 Å². The van der Waals surface area contributed by atoms with Crippen molar-refractivity contribution >= 4 is 40.3 Å². The van der Waals surface area contributed by atoms with Crippen LogP contribution in [0.4, 0.5) is 10.2 Å². The molecule has 1 amide bonds. The summed E-state index contributed by atoms with van der Waals surface area (Å²) >= 11 is 5.84. The standard InChI is InChI=1S/C33H35ClFN5O5/c1-33(2,3)45-32(42)21-8-10-26-27(15-21)40(17-24-11-14-43-24)29(36-26)18-38-12-13-39(31(41)19-38)28-5-4-6-30(37-28)44-20-22-7-9-23(34)16-25(22)35/h4-10,15-16,24H,11-14,17-20H2,1-3H3/t24-/m0/s1. The topological polar surface area (TPSA) is 99.0 Å². The Balaban J connectivity index is 1.15. The fraction of sp³-hybridized carbons (Fsp3) is 0.394. The van der Waals surface area contributed by atoms with Crippen molar-refractivity contribution in [3.63, 3.8) is 0 Å². The lowest BCUT2D eigenvalue weighted by atomic mass is 10.1. The Morgan fingerprint density at radius 1 is 1.11 bits per heavy atom. The second-order valence-electron chi connectivity index (χ2n) is 12.2. The third kappa shape index (κ3) is 7.27. The second kappa shape index (κ2) is 12.7. The summed E-state index contributed by atoms with van der Waals surface area (Å²) in [5.41, 5.74) is 1.80. The highest BCUT2D eigenvalue weighted by molar-refractivity contribution is 6.30. The minimum Gasteiger partial charge on any atom is -0.473 e. The van der Waals surface area contributed by atoms with E-state index in [0.29, 0.717) is 48.1 Å². The number of hydrogen-bond acceptors (Lipinski definition) is 8. The number of piperazine rings is 1. The SMILES string of the molecule is CC(C)(C)OC(=O)c1ccc2nc(CN3CCN(c4cccc(OCc5ccc(Cl)cc5F)n4)C(=O)C3)n(C[C@@H]3CCO3)c2c1. The highest BCUT2D eigenvalue weighted by atomic mass is 35.5. The molecule has 4 aromatic rings. The number of rotatable bonds is 9. The highest BCUT2D eigenvalue weighted by Gasteiger charge is 2.29. The first-order valence-corrected chi connectivity index (χ1v) is 15.3. The largest absolute Gasteiger partial charge is 0.473 e. The van der Waals surface area contributed by atoms with Crippen molar-refractivity contribution in [2.45, 2.75) is 58.6 Å². The smallest absolute Gasteiger partial charge is 0.338 e. The minimum absolute atomic E-state index is 0.0205. The zero-order valence-corrected chi connectivity index (χ0v) is 26.2. The number of fused-ring (bicyclic) bond motifs is 1. The predicted octanol–water partition coefficient (Wildman–Crippen LogP) is 5.40. The van der Waals surface area contributed by atoms with Crippen LogP contribution >= 0.6 is 11.6 Å². The quantitative estimate of drug-likeness (QED) is 0.226. The van der Waals surface area contributed by atoms with Crippen LogP contribution in [0.1, 0.15) is 48.9 Å². The summed E-state index contributed by atoms with van der Waals surface area (Å²) in [5.74, 6) is 0.605. The normalized spacial score (nSPS) is 17.4. The van der Waals surface area contributed by atoms with Crippen molar-refractivity contribution in [2.75, 3.05) is 31.1 Å². The molecule has 236 valence electrons. The molecule has 2 aromatic carbocycles. The molecule has 0 unspecified atom stereocenters. The van der Waals surface area contributed by atoms with Crippen LogP contribution in [0.3, 0.4) is 0 Å². The first-order valence-electron chi connectivity index (χ1n) is 14.9. The molecule has 0 N–H and O–H groups in total. The van der Waals surface area contributed by atoms with Crippen molar-refractivity contribution in [3.8, 4) is 5.88 Å². The zero-order chi connectivity index (χ0) is 31.7. The lowest BCUT2D eigenvalue weighted by molar-refractivity contribution is -0.121. The van der Waals surface area contributed by atoms with Crippen molar-refractivity contribution in [1.29, 1.82) is 0 Å². The number of esters is 1. The molecule has 4 heterocycles. The summed E-state index contributed by atoms with van der Waals surface area (Å²) in [6.45, 7) is 8.48. The highest BCUT2D eigenvalue weighted by Crippen LogP contribution is 2.26. The van der Waals surface area contributed by atoms with Crippen LogP contribution in [-0.4, -0.2) is 69.3 Å². The number of halogens is 2. The first-order chi connectivity index (χ1) is 21.5. The maximum absolute atomic E-state index is 14.2. The third-order valence-corrected chi connectivity index (χ3v) is 7.92. The number of hydrogen-bond donors (Lipinski definition) is 0. The Hall–Kier alpha value is -4.06. The number of carbonyl (C=O) groups is 2. The molecular weight excluding hydrogens is 601 g/mol. The Morgan fingerprint density at radius 3 is 2.64 bits per heavy atom. The lowest BCUT2D eigenvalue weighted by Crippen LogP contribution is -2.50. The summed E-state index contributed by atoms with van der Waals surface area (Å²) in [5, 5.41) is 0.311. The van der Waals surface area contributed by atoms with Gasteiger partial charge in [0.25, 0.3) is 0 Å². The Kier molecular flexibility index (Phi) is 8.76. The number of ether oxygens (including phenoxy) is 3. The van der Waals surface area contributed by atoms with Crippen LogP contribution < -0.4 is 9.64 Å². The molecule has 2 aliphatic rings. The van der Waals surface area contributed by atoms with Gasteiger partial charge in [-0.3, -0.25) is 14.6 Å². The van der Waals surface area contributed by atoms with E-state index in [9.17, 15) is 14.0 Å². The molecule has 45 heavy (non-hydrogen) atoms. The van der Waals surface area contributed by atoms with Crippen LogP contribution in [0.5, 0.6) is 5.88 Å². The molecule has 10 nitrogen and oxygen atoms in total. The average Bonchev–Trinajstić information content (AvgIpc) is 3.29. The third-order valence-electron chi connectivity index (χ3n) is 7.68. The number of anilines is 1. The van der Waals surface area contributed by atoms with Crippen molar-refractivity contribution in [3.05, 3.63) is 82.4 Å². The summed E-state index contributed by atoms with van der Waals surface area (Å²) in [6, 6.07) is 15.0. The van der Waals surface area contributed by atoms with Crippen LogP contribution in [0.2, 0.25) is 5.02 Å². The Morgan fingerprint density at radius 2 is 1.93 bits per heavy atom. The van der Waals surface area contributed by atoms with E-state index in [2.05, 4.69) is 14.5 Å². The number of imidazole rings is 1. The minimum atomic E-state index is -0.605. The van der Waals surface area contributed by atoms with Gasteiger partial charge in [-0.25, -0.2) is 14.2 Å². The maximum atomic E-state index is 14.2. The lowest BCUT2D eigenvalue weighted by Gasteiger charge is -2.34. The number of pyridine rings is 1. The zero-order valence-electron chi connectivity index (χ0n) is 25.5. The van der Waals surface area contributed by atoms with Gasteiger partial charge in [-0.2, -0.15) is 4.98 Å². The number of amides is 1. The van der Waals surface area contributed by atoms with Gasteiger partial charge in [0.1, 0.15) is 29.7 Å². The van der Waals surface area contributed by atoms with E-state index in [4.69, 9.17) is 30.8 Å². The molecule has 12 heteroatoms. The molecule has 0 spiro atoms. The van der Waals surface area contributed by atoms with Crippen LogP contribution in [0, 0.1) is 5.82 Å².